The molecule has 0 bridgehead atoms. The fraction of sp³-hybridized carbons (Fsp3) is 0.476. The summed E-state index contributed by atoms with van der Waals surface area (Å²) in [7, 11) is 3.60. The highest BCUT2D eigenvalue weighted by Crippen LogP contribution is 2.36. The van der Waals surface area contributed by atoms with Crippen LogP contribution in [0.5, 0.6) is 5.75 Å². The van der Waals surface area contributed by atoms with Gasteiger partial charge in [-0.05, 0) is 113 Å². The number of methoxy groups -OCH3 is 1. The van der Waals surface area contributed by atoms with E-state index in [1.807, 2.05) is 10.9 Å². The topological polar surface area (TPSA) is 139 Å². The molecule has 0 radical (unpaired) electrons. The van der Waals surface area contributed by atoms with E-state index in [0.717, 1.165) is 75.6 Å². The summed E-state index contributed by atoms with van der Waals surface area (Å²) in [6.07, 6.45) is 4.44. The Morgan fingerprint density at radius 2 is 1.74 bits per heavy atom. The third-order valence-corrected chi connectivity index (χ3v) is 11.8. The smallest absolute Gasteiger partial charge is 0.433 e. The van der Waals surface area contributed by atoms with Crippen molar-refractivity contribution < 1.29 is 41.5 Å². The first kappa shape index (κ1) is 40.8. The first-order chi connectivity index (χ1) is 27.7. The normalized spacial score (nSPS) is 20.7. The van der Waals surface area contributed by atoms with Crippen LogP contribution in [0.15, 0.2) is 54.7 Å². The second-order valence-electron chi connectivity index (χ2n) is 15.8. The van der Waals surface area contributed by atoms with Crippen molar-refractivity contribution in [3.05, 3.63) is 83.1 Å². The average Bonchev–Trinajstić information content (AvgIpc) is 3.63. The van der Waals surface area contributed by atoms with Crippen LogP contribution in [0, 0.1) is 17.7 Å². The number of alkyl halides is 3. The third-order valence-electron chi connectivity index (χ3n) is 11.8. The van der Waals surface area contributed by atoms with E-state index in [9.17, 15) is 36.7 Å². The molecule has 4 heterocycles. The second kappa shape index (κ2) is 17.2. The maximum atomic E-state index is 14.7. The number of aromatic nitrogens is 3. The average molecular weight is 806 g/mol. The van der Waals surface area contributed by atoms with Crippen molar-refractivity contribution in [2.75, 3.05) is 45.7 Å². The van der Waals surface area contributed by atoms with Gasteiger partial charge in [-0.1, -0.05) is 6.07 Å². The number of carbonyl (C=O) groups is 4. The van der Waals surface area contributed by atoms with Crippen LogP contribution >= 0.6 is 0 Å². The molecule has 4 amide bonds. The molecular weight excluding hydrogens is 758 g/mol. The van der Waals surface area contributed by atoms with E-state index >= 15 is 0 Å². The fourth-order valence-corrected chi connectivity index (χ4v) is 8.50. The summed E-state index contributed by atoms with van der Waals surface area (Å²) in [5.74, 6) is -1.85. The zero-order chi connectivity index (χ0) is 41.1. The number of nitrogens with one attached hydrogen (secondary N) is 2. The predicted octanol–water partition coefficient (Wildman–Crippen LogP) is 6.98. The first-order valence-electron chi connectivity index (χ1n) is 19.8. The molecule has 1 saturated carbocycles. The number of carbonyl (C=O) groups excluding carboxylic acids is 4. The Labute approximate surface area is 333 Å². The lowest BCUT2D eigenvalue weighted by Gasteiger charge is -2.34. The van der Waals surface area contributed by atoms with Crippen molar-refractivity contribution in [1.82, 2.24) is 29.9 Å². The highest BCUT2D eigenvalue weighted by molar-refractivity contribution is 6.05. The van der Waals surface area contributed by atoms with Crippen LogP contribution < -0.4 is 15.4 Å². The van der Waals surface area contributed by atoms with Crippen molar-refractivity contribution in [3.63, 3.8) is 0 Å². The number of fused-ring (bicyclic) bond motifs is 1. The Balaban J connectivity index is 0.859. The SMILES string of the molecule is COc1cc2nn([C@H]3CC[C@H](CN(C)CCC4CCN(C(=O)c5ccc(F)c(C6CCC(=O)NC6=O)c5)CC4)CC3)cc2cc1NC(=O)c1cccc(C(F)(F)F)n1. The van der Waals surface area contributed by atoms with Gasteiger partial charge in [-0.15, -0.1) is 0 Å². The molecule has 1 unspecified atom stereocenters. The molecule has 1 aliphatic carbocycles. The number of anilines is 1. The van der Waals surface area contributed by atoms with E-state index in [2.05, 4.69) is 27.6 Å². The number of ether oxygens (including phenoxy) is 1. The quantitative estimate of drug-likeness (QED) is 0.122. The number of pyridine rings is 1. The number of halogens is 4. The van der Waals surface area contributed by atoms with Gasteiger partial charge in [0.1, 0.15) is 23.0 Å². The Morgan fingerprint density at radius 1 is 0.983 bits per heavy atom. The molecule has 12 nitrogen and oxygen atoms in total. The van der Waals surface area contributed by atoms with Crippen molar-refractivity contribution in [2.24, 2.45) is 11.8 Å². The molecule has 3 fully saturated rings. The second-order valence-corrected chi connectivity index (χ2v) is 15.8. The molecule has 308 valence electrons. The molecule has 0 spiro atoms. The number of imide groups is 1. The lowest BCUT2D eigenvalue weighted by atomic mass is 9.85. The van der Waals surface area contributed by atoms with Crippen molar-refractivity contribution in [2.45, 2.75) is 75.9 Å². The van der Waals surface area contributed by atoms with E-state index in [0.29, 0.717) is 47.4 Å². The van der Waals surface area contributed by atoms with Gasteiger partial charge in [-0.2, -0.15) is 18.3 Å². The Hall–Kier alpha value is -5.38. The lowest BCUT2D eigenvalue weighted by molar-refractivity contribution is -0.141. The van der Waals surface area contributed by atoms with Gasteiger partial charge in [-0.3, -0.25) is 29.2 Å². The van der Waals surface area contributed by atoms with E-state index in [-0.39, 0.29) is 42.0 Å². The van der Waals surface area contributed by atoms with E-state index in [1.165, 1.54) is 31.4 Å². The third kappa shape index (κ3) is 9.32. The molecule has 1 atom stereocenters. The van der Waals surface area contributed by atoms with Crippen LogP contribution in [0.4, 0.5) is 23.2 Å². The summed E-state index contributed by atoms with van der Waals surface area (Å²) >= 11 is 0. The maximum Gasteiger partial charge on any atom is 0.433 e. The maximum absolute atomic E-state index is 14.7. The minimum absolute atomic E-state index is 0.132. The van der Waals surface area contributed by atoms with E-state index in [4.69, 9.17) is 9.84 Å². The summed E-state index contributed by atoms with van der Waals surface area (Å²) in [5.41, 5.74) is -0.0282. The fourth-order valence-electron chi connectivity index (χ4n) is 8.50. The summed E-state index contributed by atoms with van der Waals surface area (Å²) in [6, 6.07) is 11.0. The largest absolute Gasteiger partial charge is 0.494 e. The number of nitrogens with zero attached hydrogens (tertiary/aromatic N) is 5. The molecular formula is C42H47F4N7O5. The van der Waals surface area contributed by atoms with Gasteiger partial charge >= 0.3 is 6.18 Å². The minimum atomic E-state index is -4.67. The standard InChI is InChI=1S/C42H47F4N7O5/c1-51(17-14-25-15-18-52(19-16-25)41(57)27-8-12-32(43)31(20-27)30-11-13-38(54)49-39(30)55)23-26-6-9-29(10-7-26)53-24-28-21-35(36(58-2)22-34(28)50-53)48-40(56)33-4-3-5-37(47-33)42(44,45)46/h3-5,8,12,20-22,24-26,29-30H,6-7,9-11,13-19,23H2,1-2H3,(H,48,56)(H,49,54,55)/t26-,29-,30?. The molecule has 2 saturated heterocycles. The summed E-state index contributed by atoms with van der Waals surface area (Å²) in [4.78, 5) is 57.9. The number of hydrogen-bond donors (Lipinski definition) is 2. The zero-order valence-corrected chi connectivity index (χ0v) is 32.5. The van der Waals surface area contributed by atoms with Crippen LogP contribution in [-0.2, 0) is 15.8 Å². The summed E-state index contributed by atoms with van der Waals surface area (Å²) in [6.45, 7) is 3.18. The van der Waals surface area contributed by atoms with Gasteiger partial charge in [0, 0.05) is 54.8 Å². The number of likely N-dealkylation sites (tertiary alicyclic amines) is 1. The van der Waals surface area contributed by atoms with Crippen molar-refractivity contribution >= 4 is 40.2 Å². The Kier molecular flexibility index (Phi) is 12.1. The van der Waals surface area contributed by atoms with Gasteiger partial charge in [0.25, 0.3) is 11.8 Å². The zero-order valence-electron chi connectivity index (χ0n) is 32.5. The highest BCUT2D eigenvalue weighted by Gasteiger charge is 2.34. The van der Waals surface area contributed by atoms with Crippen LogP contribution in [0.3, 0.4) is 0 Å². The first-order valence-corrected chi connectivity index (χ1v) is 19.8. The van der Waals surface area contributed by atoms with Crippen LogP contribution in [-0.4, -0.2) is 88.5 Å². The molecule has 2 aromatic heterocycles. The number of benzene rings is 2. The van der Waals surface area contributed by atoms with E-state index in [1.54, 1.807) is 17.0 Å². The van der Waals surface area contributed by atoms with Crippen molar-refractivity contribution in [3.8, 4) is 5.75 Å². The van der Waals surface area contributed by atoms with Gasteiger partial charge < -0.3 is 19.9 Å². The van der Waals surface area contributed by atoms with Crippen LogP contribution in [0.2, 0.25) is 0 Å². The summed E-state index contributed by atoms with van der Waals surface area (Å²) in [5, 5.41) is 10.5. The molecule has 4 aromatic rings. The number of hydrogen-bond acceptors (Lipinski definition) is 8. The number of piperidine rings is 2. The summed E-state index contributed by atoms with van der Waals surface area (Å²) < 4.78 is 61.6. The molecule has 2 aliphatic heterocycles. The number of amides is 4. The van der Waals surface area contributed by atoms with Crippen LogP contribution in [0.1, 0.15) is 102 Å². The van der Waals surface area contributed by atoms with Gasteiger partial charge in [0.15, 0.2) is 0 Å². The lowest BCUT2D eigenvalue weighted by Crippen LogP contribution is -2.40. The predicted molar refractivity (Wildman–Crippen MR) is 207 cm³/mol. The highest BCUT2D eigenvalue weighted by atomic mass is 19.4. The van der Waals surface area contributed by atoms with E-state index < -0.39 is 35.4 Å². The number of rotatable bonds is 11. The van der Waals surface area contributed by atoms with Crippen molar-refractivity contribution in [1.29, 1.82) is 0 Å². The molecule has 7 rings (SSSR count). The monoisotopic (exact) mass is 805 g/mol. The molecule has 2 N–H and O–H groups in total. The molecule has 58 heavy (non-hydrogen) atoms. The molecule has 16 heteroatoms. The Morgan fingerprint density at radius 3 is 2.45 bits per heavy atom. The van der Waals surface area contributed by atoms with Gasteiger partial charge in [0.2, 0.25) is 11.8 Å². The van der Waals surface area contributed by atoms with Gasteiger partial charge in [0.05, 0.1) is 30.3 Å². The molecule has 2 aromatic carbocycles. The van der Waals surface area contributed by atoms with Gasteiger partial charge in [-0.25, -0.2) is 9.37 Å². The minimum Gasteiger partial charge on any atom is -0.494 e. The Bertz CT molecular complexity index is 2180. The van der Waals surface area contributed by atoms with Crippen LogP contribution in [0.25, 0.3) is 10.9 Å². The molecule has 3 aliphatic rings.